The Labute approximate surface area is 81.0 Å². The van der Waals surface area contributed by atoms with Crippen molar-refractivity contribution < 1.29 is 4.74 Å². The Morgan fingerprint density at radius 1 is 1.38 bits per heavy atom. The van der Waals surface area contributed by atoms with E-state index in [0.29, 0.717) is 0 Å². The zero-order valence-electron chi connectivity index (χ0n) is 8.59. The summed E-state index contributed by atoms with van der Waals surface area (Å²) in [5, 5.41) is 3.48. The van der Waals surface area contributed by atoms with Gasteiger partial charge in [0.2, 0.25) is 0 Å². The summed E-state index contributed by atoms with van der Waals surface area (Å²) in [5.74, 6) is 1.80. The summed E-state index contributed by atoms with van der Waals surface area (Å²) < 4.78 is 5.41. The Kier molecular flexibility index (Phi) is 3.23. The average molecular weight is 183 g/mol. The number of ether oxygens (including phenoxy) is 1. The largest absolute Gasteiger partial charge is 0.381 e. The minimum absolute atomic E-state index is 0.764. The second kappa shape index (κ2) is 4.43. The van der Waals surface area contributed by atoms with E-state index in [1.165, 1.54) is 32.1 Å². The number of hydrogen-bond donors (Lipinski definition) is 1. The molecule has 0 amide bonds. The Morgan fingerprint density at radius 3 is 2.69 bits per heavy atom. The van der Waals surface area contributed by atoms with Crippen molar-refractivity contribution in [2.75, 3.05) is 20.3 Å². The van der Waals surface area contributed by atoms with E-state index in [9.17, 15) is 0 Å². The maximum absolute atomic E-state index is 5.41. The monoisotopic (exact) mass is 183 g/mol. The van der Waals surface area contributed by atoms with Gasteiger partial charge in [0.05, 0.1) is 0 Å². The van der Waals surface area contributed by atoms with Crippen molar-refractivity contribution in [1.82, 2.24) is 5.32 Å². The van der Waals surface area contributed by atoms with Crippen LogP contribution >= 0.6 is 0 Å². The molecule has 0 aromatic heterocycles. The molecule has 0 radical (unpaired) electrons. The zero-order valence-corrected chi connectivity index (χ0v) is 8.59. The highest BCUT2D eigenvalue weighted by molar-refractivity contribution is 4.84. The second-order valence-corrected chi connectivity index (χ2v) is 4.55. The Morgan fingerprint density at radius 2 is 2.23 bits per heavy atom. The van der Waals surface area contributed by atoms with Crippen LogP contribution in [0.3, 0.4) is 0 Å². The lowest BCUT2D eigenvalue weighted by molar-refractivity contribution is 0.167. The molecule has 0 bridgehead atoms. The first-order chi connectivity index (χ1) is 6.40. The number of nitrogens with one attached hydrogen (secondary N) is 1. The molecule has 2 unspecified atom stereocenters. The molecule has 2 fully saturated rings. The molecule has 1 N–H and O–H groups in total. The van der Waals surface area contributed by atoms with Crippen LogP contribution in [0.25, 0.3) is 0 Å². The fourth-order valence-electron chi connectivity index (χ4n) is 2.52. The van der Waals surface area contributed by atoms with Gasteiger partial charge in [0.25, 0.3) is 0 Å². The van der Waals surface area contributed by atoms with Crippen molar-refractivity contribution in [3.05, 3.63) is 0 Å². The number of rotatable bonds is 4. The molecular weight excluding hydrogens is 162 g/mol. The summed E-state index contributed by atoms with van der Waals surface area (Å²) in [6, 6.07) is 0.764. The fourth-order valence-corrected chi connectivity index (χ4v) is 2.52. The molecule has 1 aliphatic carbocycles. The molecule has 13 heavy (non-hydrogen) atoms. The second-order valence-electron chi connectivity index (χ2n) is 4.55. The maximum Gasteiger partial charge on any atom is 0.0495 e. The molecule has 1 heterocycles. The van der Waals surface area contributed by atoms with E-state index in [2.05, 4.69) is 12.4 Å². The lowest BCUT2D eigenvalue weighted by Gasteiger charge is -2.34. The average Bonchev–Trinajstić information content (AvgIpc) is 2.52. The van der Waals surface area contributed by atoms with Crippen LogP contribution in [0.15, 0.2) is 0 Å². The SMILES string of the molecule is CNC(CC1CCOC1)C1CCC1. The molecule has 1 aliphatic heterocycles. The van der Waals surface area contributed by atoms with Gasteiger partial charge in [-0.15, -0.1) is 0 Å². The van der Waals surface area contributed by atoms with Crippen LogP contribution in [0.2, 0.25) is 0 Å². The first-order valence-corrected chi connectivity index (χ1v) is 5.65. The van der Waals surface area contributed by atoms with Crippen LogP contribution in [0.1, 0.15) is 32.1 Å². The van der Waals surface area contributed by atoms with E-state index in [1.807, 2.05) is 0 Å². The standard InChI is InChI=1S/C11H21NO/c1-12-11(10-3-2-4-10)7-9-5-6-13-8-9/h9-12H,2-8H2,1H3. The van der Waals surface area contributed by atoms with Gasteiger partial charge < -0.3 is 10.1 Å². The van der Waals surface area contributed by atoms with Crippen molar-refractivity contribution in [3.8, 4) is 0 Å². The van der Waals surface area contributed by atoms with Crippen LogP contribution in [-0.2, 0) is 4.74 Å². The lowest BCUT2D eigenvalue weighted by Crippen LogP contribution is -2.38. The molecule has 0 aromatic rings. The van der Waals surface area contributed by atoms with E-state index < -0.39 is 0 Å². The quantitative estimate of drug-likeness (QED) is 0.717. The third kappa shape index (κ3) is 2.23. The van der Waals surface area contributed by atoms with Crippen molar-refractivity contribution in [2.45, 2.75) is 38.1 Å². The van der Waals surface area contributed by atoms with Crippen LogP contribution in [0.4, 0.5) is 0 Å². The Bertz CT molecular complexity index is 150. The first-order valence-electron chi connectivity index (χ1n) is 5.65. The van der Waals surface area contributed by atoms with E-state index in [1.54, 1.807) is 0 Å². The summed E-state index contributed by atoms with van der Waals surface area (Å²) in [7, 11) is 2.11. The highest BCUT2D eigenvalue weighted by Crippen LogP contribution is 2.33. The normalized spacial score (nSPS) is 31.6. The van der Waals surface area contributed by atoms with E-state index in [-0.39, 0.29) is 0 Å². The number of hydrogen-bond acceptors (Lipinski definition) is 2. The summed E-state index contributed by atoms with van der Waals surface area (Å²) in [6.45, 7) is 2.00. The van der Waals surface area contributed by atoms with Gasteiger partial charge in [-0.05, 0) is 44.6 Å². The van der Waals surface area contributed by atoms with Gasteiger partial charge >= 0.3 is 0 Å². The van der Waals surface area contributed by atoms with Gasteiger partial charge in [0, 0.05) is 19.3 Å². The van der Waals surface area contributed by atoms with E-state index in [4.69, 9.17) is 4.74 Å². The van der Waals surface area contributed by atoms with Crippen LogP contribution in [0.5, 0.6) is 0 Å². The van der Waals surface area contributed by atoms with Crippen molar-refractivity contribution in [2.24, 2.45) is 11.8 Å². The van der Waals surface area contributed by atoms with Gasteiger partial charge in [-0.2, -0.15) is 0 Å². The molecule has 2 aliphatic rings. The van der Waals surface area contributed by atoms with Crippen molar-refractivity contribution >= 4 is 0 Å². The van der Waals surface area contributed by atoms with Gasteiger partial charge in [-0.3, -0.25) is 0 Å². The molecule has 2 atom stereocenters. The third-order valence-electron chi connectivity index (χ3n) is 3.70. The molecule has 2 heteroatoms. The molecule has 0 aromatic carbocycles. The summed E-state index contributed by atoms with van der Waals surface area (Å²) in [6.07, 6.45) is 6.95. The van der Waals surface area contributed by atoms with Gasteiger partial charge in [-0.25, -0.2) is 0 Å². The summed E-state index contributed by atoms with van der Waals surface area (Å²) in [5.41, 5.74) is 0. The van der Waals surface area contributed by atoms with E-state index >= 15 is 0 Å². The topological polar surface area (TPSA) is 21.3 Å². The third-order valence-corrected chi connectivity index (χ3v) is 3.70. The minimum atomic E-state index is 0.764. The minimum Gasteiger partial charge on any atom is -0.381 e. The summed E-state index contributed by atoms with van der Waals surface area (Å²) in [4.78, 5) is 0. The molecule has 1 saturated heterocycles. The van der Waals surface area contributed by atoms with Crippen LogP contribution in [0, 0.1) is 11.8 Å². The van der Waals surface area contributed by atoms with E-state index in [0.717, 1.165) is 31.1 Å². The van der Waals surface area contributed by atoms with Crippen molar-refractivity contribution in [1.29, 1.82) is 0 Å². The molecule has 2 rings (SSSR count). The molecule has 0 spiro atoms. The molecule has 1 saturated carbocycles. The lowest BCUT2D eigenvalue weighted by atomic mass is 9.76. The van der Waals surface area contributed by atoms with Gasteiger partial charge in [0.1, 0.15) is 0 Å². The van der Waals surface area contributed by atoms with Crippen LogP contribution < -0.4 is 5.32 Å². The Balaban J connectivity index is 1.75. The molecular formula is C11H21NO. The Hall–Kier alpha value is -0.0800. The predicted molar refractivity (Wildman–Crippen MR) is 53.7 cm³/mol. The molecule has 76 valence electrons. The van der Waals surface area contributed by atoms with Crippen molar-refractivity contribution in [3.63, 3.8) is 0 Å². The predicted octanol–water partition coefficient (Wildman–Crippen LogP) is 1.80. The summed E-state index contributed by atoms with van der Waals surface area (Å²) >= 11 is 0. The van der Waals surface area contributed by atoms with Gasteiger partial charge in [-0.1, -0.05) is 6.42 Å². The zero-order chi connectivity index (χ0) is 9.10. The maximum atomic E-state index is 5.41. The fraction of sp³-hybridized carbons (Fsp3) is 1.00. The molecule has 2 nitrogen and oxygen atoms in total. The van der Waals surface area contributed by atoms with Gasteiger partial charge in [0.15, 0.2) is 0 Å². The van der Waals surface area contributed by atoms with Crippen LogP contribution in [-0.4, -0.2) is 26.3 Å². The highest BCUT2D eigenvalue weighted by Gasteiger charge is 2.29. The smallest absolute Gasteiger partial charge is 0.0495 e. The first kappa shape index (κ1) is 9.47. The highest BCUT2D eigenvalue weighted by atomic mass is 16.5.